The van der Waals surface area contributed by atoms with Crippen molar-refractivity contribution < 1.29 is 19.6 Å². The number of carbonyl (C=O) groups is 2. The van der Waals surface area contributed by atoms with Gasteiger partial charge < -0.3 is 5.21 Å². The number of carbonyl (C=O) groups excluding carboxylic acids is 2. The molecule has 98 valence electrons. The Labute approximate surface area is 107 Å². The van der Waals surface area contributed by atoms with Gasteiger partial charge in [0.15, 0.2) is 0 Å². The van der Waals surface area contributed by atoms with Crippen LogP contribution in [-0.2, 0) is 0 Å². The second kappa shape index (κ2) is 4.52. The van der Waals surface area contributed by atoms with Gasteiger partial charge in [-0.1, -0.05) is 30.3 Å². The van der Waals surface area contributed by atoms with Crippen LogP contribution in [0.3, 0.4) is 0 Å². The fourth-order valence-corrected chi connectivity index (χ4v) is 1.84. The molecule has 0 aliphatic carbocycles. The van der Waals surface area contributed by atoms with E-state index < -0.39 is 17.4 Å². The highest BCUT2D eigenvalue weighted by Crippen LogP contribution is 2.10. The highest BCUT2D eigenvalue weighted by molar-refractivity contribution is 5.81. The van der Waals surface area contributed by atoms with E-state index in [-0.39, 0.29) is 5.69 Å². The largest absolute Gasteiger partial charge is 0.414 e. The SMILES string of the molecule is CC(=O)n1c(=O)c(-c2ccccc2)[n+](O)n1C(C)=O. The Hall–Kier alpha value is -2.70. The molecule has 1 aromatic carbocycles. The number of aromatic nitrogens is 3. The van der Waals surface area contributed by atoms with E-state index in [1.807, 2.05) is 0 Å². The Balaban J connectivity index is 2.85. The molecular formula is C12H12N3O4+. The molecule has 0 bridgehead atoms. The average Bonchev–Trinajstić information content (AvgIpc) is 2.62. The third-order valence-corrected chi connectivity index (χ3v) is 2.59. The van der Waals surface area contributed by atoms with Crippen LogP contribution in [0.25, 0.3) is 11.3 Å². The Morgan fingerprint density at radius 1 is 1.11 bits per heavy atom. The fraction of sp³-hybridized carbons (Fsp3) is 0.167. The molecular weight excluding hydrogens is 250 g/mol. The van der Waals surface area contributed by atoms with E-state index >= 15 is 0 Å². The van der Waals surface area contributed by atoms with Crippen LogP contribution >= 0.6 is 0 Å². The van der Waals surface area contributed by atoms with Crippen LogP contribution in [0.2, 0.25) is 0 Å². The molecule has 0 atom stereocenters. The van der Waals surface area contributed by atoms with Crippen LogP contribution in [0.5, 0.6) is 0 Å². The van der Waals surface area contributed by atoms with Gasteiger partial charge in [0.25, 0.3) is 5.69 Å². The summed E-state index contributed by atoms with van der Waals surface area (Å²) in [5, 5.41) is 9.95. The molecule has 7 heteroatoms. The molecule has 0 radical (unpaired) electrons. The van der Waals surface area contributed by atoms with E-state index in [0.29, 0.717) is 19.9 Å². The molecule has 2 rings (SSSR count). The Morgan fingerprint density at radius 2 is 1.68 bits per heavy atom. The lowest BCUT2D eigenvalue weighted by Crippen LogP contribution is -2.47. The van der Waals surface area contributed by atoms with Crippen LogP contribution in [-0.4, -0.2) is 26.5 Å². The quantitative estimate of drug-likeness (QED) is 0.586. The number of benzene rings is 1. The highest BCUT2D eigenvalue weighted by Gasteiger charge is 2.33. The number of nitrogens with zero attached hydrogens (tertiary/aromatic N) is 3. The van der Waals surface area contributed by atoms with Gasteiger partial charge in [-0.15, -0.1) is 0 Å². The number of hydrogen-bond acceptors (Lipinski definition) is 4. The van der Waals surface area contributed by atoms with Gasteiger partial charge in [-0.05, 0) is 4.68 Å². The highest BCUT2D eigenvalue weighted by atomic mass is 16.5. The normalized spacial score (nSPS) is 10.4. The van der Waals surface area contributed by atoms with Crippen LogP contribution in [0.15, 0.2) is 35.1 Å². The van der Waals surface area contributed by atoms with E-state index in [1.54, 1.807) is 30.3 Å². The van der Waals surface area contributed by atoms with Crippen LogP contribution in [0, 0.1) is 0 Å². The van der Waals surface area contributed by atoms with Crippen molar-refractivity contribution in [3.05, 3.63) is 40.7 Å². The predicted octanol–water partition coefficient (Wildman–Crippen LogP) is 0.162. The van der Waals surface area contributed by atoms with Gasteiger partial charge in [0, 0.05) is 29.1 Å². The summed E-state index contributed by atoms with van der Waals surface area (Å²) in [6.45, 7) is 2.27. The third kappa shape index (κ3) is 1.95. The van der Waals surface area contributed by atoms with E-state index in [1.165, 1.54) is 0 Å². The Morgan fingerprint density at radius 3 is 2.11 bits per heavy atom. The summed E-state index contributed by atoms with van der Waals surface area (Å²) in [5.41, 5.74) is -0.493. The molecule has 0 saturated heterocycles. The Kier molecular flexibility index (Phi) is 3.04. The summed E-state index contributed by atoms with van der Waals surface area (Å²) in [6, 6.07) is 8.30. The van der Waals surface area contributed by atoms with Crippen molar-refractivity contribution >= 4 is 11.8 Å². The van der Waals surface area contributed by atoms with Gasteiger partial charge in [0.05, 0.1) is 0 Å². The summed E-state index contributed by atoms with van der Waals surface area (Å²) in [5.74, 6) is -1.32. The van der Waals surface area contributed by atoms with Crippen molar-refractivity contribution in [3.8, 4) is 11.3 Å². The summed E-state index contributed by atoms with van der Waals surface area (Å²) in [4.78, 5) is 36.0. The maximum absolute atomic E-state index is 12.1. The van der Waals surface area contributed by atoms with Gasteiger partial charge in [0.1, 0.15) is 0 Å². The molecule has 1 aromatic heterocycles. The van der Waals surface area contributed by atoms with Gasteiger partial charge in [-0.2, -0.15) is 0 Å². The minimum atomic E-state index is -0.753. The zero-order valence-corrected chi connectivity index (χ0v) is 10.4. The van der Waals surface area contributed by atoms with Crippen molar-refractivity contribution in [1.82, 2.24) is 9.48 Å². The topological polar surface area (TPSA) is 85.2 Å². The lowest BCUT2D eigenvalue weighted by atomic mass is 10.2. The summed E-state index contributed by atoms with van der Waals surface area (Å²) in [7, 11) is 0. The molecule has 0 spiro atoms. The Bertz CT molecular complexity index is 713. The molecule has 2 aromatic rings. The van der Waals surface area contributed by atoms with Crippen molar-refractivity contribution in [2.24, 2.45) is 0 Å². The van der Waals surface area contributed by atoms with Crippen molar-refractivity contribution in [2.75, 3.05) is 0 Å². The summed E-state index contributed by atoms with van der Waals surface area (Å²) < 4.78 is 0.588. The second-order valence-corrected chi connectivity index (χ2v) is 3.95. The van der Waals surface area contributed by atoms with Gasteiger partial charge in [0.2, 0.25) is 0 Å². The molecule has 1 heterocycles. The van der Waals surface area contributed by atoms with E-state index in [0.717, 1.165) is 13.8 Å². The minimum Gasteiger partial charge on any atom is -0.330 e. The molecule has 19 heavy (non-hydrogen) atoms. The molecule has 0 saturated carbocycles. The van der Waals surface area contributed by atoms with Gasteiger partial charge in [-0.3, -0.25) is 4.79 Å². The maximum atomic E-state index is 12.1. The monoisotopic (exact) mass is 262 g/mol. The zero-order chi connectivity index (χ0) is 14.2. The molecule has 0 fully saturated rings. The molecule has 0 aliphatic heterocycles. The third-order valence-electron chi connectivity index (χ3n) is 2.59. The van der Waals surface area contributed by atoms with Crippen LogP contribution in [0.4, 0.5) is 0 Å². The average molecular weight is 262 g/mol. The first-order valence-corrected chi connectivity index (χ1v) is 5.52. The fourth-order valence-electron chi connectivity index (χ4n) is 1.84. The van der Waals surface area contributed by atoms with Gasteiger partial charge in [-0.25, -0.2) is 9.59 Å². The minimum absolute atomic E-state index is 0.147. The zero-order valence-electron chi connectivity index (χ0n) is 10.4. The first-order chi connectivity index (χ1) is 8.95. The molecule has 0 unspecified atom stereocenters. The molecule has 0 aliphatic rings. The standard InChI is InChI=1S/C12H12N3O4/c1-8(16)13-12(18)11(10-6-4-3-5-7-10)15(19)14(13)9(2)17/h3-7,19H,1-2H3/q+1. The van der Waals surface area contributed by atoms with Gasteiger partial charge >= 0.3 is 17.4 Å². The lowest BCUT2D eigenvalue weighted by molar-refractivity contribution is -0.952. The van der Waals surface area contributed by atoms with Crippen LogP contribution in [0.1, 0.15) is 23.4 Å². The summed E-state index contributed by atoms with van der Waals surface area (Å²) >= 11 is 0. The summed E-state index contributed by atoms with van der Waals surface area (Å²) in [6.07, 6.45) is 0. The smallest absolute Gasteiger partial charge is 0.330 e. The first-order valence-electron chi connectivity index (χ1n) is 5.52. The van der Waals surface area contributed by atoms with E-state index in [4.69, 9.17) is 0 Å². The van der Waals surface area contributed by atoms with Crippen molar-refractivity contribution in [1.29, 1.82) is 0 Å². The number of hydrogen-bond donors (Lipinski definition) is 1. The van der Waals surface area contributed by atoms with Crippen molar-refractivity contribution in [3.63, 3.8) is 0 Å². The number of rotatable bonds is 1. The second-order valence-electron chi connectivity index (χ2n) is 3.95. The van der Waals surface area contributed by atoms with Crippen molar-refractivity contribution in [2.45, 2.75) is 13.8 Å². The molecule has 0 amide bonds. The molecule has 1 N–H and O–H groups in total. The molecule has 7 nitrogen and oxygen atoms in total. The van der Waals surface area contributed by atoms with Crippen LogP contribution < -0.4 is 10.4 Å². The predicted molar refractivity (Wildman–Crippen MR) is 64.1 cm³/mol. The van der Waals surface area contributed by atoms with E-state index in [9.17, 15) is 19.6 Å². The first kappa shape index (κ1) is 12.7. The van der Waals surface area contributed by atoms with E-state index in [2.05, 4.69) is 0 Å². The lowest BCUT2D eigenvalue weighted by Gasteiger charge is -1.96. The maximum Gasteiger partial charge on any atom is 0.414 e.